The van der Waals surface area contributed by atoms with Crippen LogP contribution < -0.4 is 4.74 Å². The maximum absolute atomic E-state index is 12.7. The maximum atomic E-state index is 12.7. The number of hydrogen-bond acceptors (Lipinski definition) is 4. The zero-order valence-corrected chi connectivity index (χ0v) is 15.1. The van der Waals surface area contributed by atoms with E-state index in [1.165, 1.54) is 6.42 Å². The number of para-hydroxylation sites is 1. The number of nitrogens with zero attached hydrogens (tertiary/aromatic N) is 1. The molecule has 5 heteroatoms. The van der Waals surface area contributed by atoms with E-state index in [-0.39, 0.29) is 24.3 Å². The van der Waals surface area contributed by atoms with Crippen LogP contribution in [0.4, 0.5) is 0 Å². The van der Waals surface area contributed by atoms with Crippen LogP contribution in [0.2, 0.25) is 0 Å². The SMILES string of the molecule is CCOC(=O)CCN(C(=O)CCOc1ccccc1)C1CCCCC1. The summed E-state index contributed by atoms with van der Waals surface area (Å²) >= 11 is 0. The van der Waals surface area contributed by atoms with Crippen molar-refractivity contribution in [1.29, 1.82) is 0 Å². The van der Waals surface area contributed by atoms with Gasteiger partial charge in [-0.05, 0) is 31.9 Å². The van der Waals surface area contributed by atoms with E-state index in [4.69, 9.17) is 9.47 Å². The van der Waals surface area contributed by atoms with Gasteiger partial charge in [-0.25, -0.2) is 0 Å². The fraction of sp³-hybridized carbons (Fsp3) is 0.600. The van der Waals surface area contributed by atoms with E-state index in [1.54, 1.807) is 6.92 Å². The highest BCUT2D eigenvalue weighted by Gasteiger charge is 2.25. The summed E-state index contributed by atoms with van der Waals surface area (Å²) in [6.07, 6.45) is 6.16. The van der Waals surface area contributed by atoms with Gasteiger partial charge >= 0.3 is 5.97 Å². The van der Waals surface area contributed by atoms with E-state index in [0.29, 0.717) is 26.2 Å². The quantitative estimate of drug-likeness (QED) is 0.641. The Balaban J connectivity index is 1.86. The van der Waals surface area contributed by atoms with Gasteiger partial charge in [0, 0.05) is 12.6 Å². The summed E-state index contributed by atoms with van der Waals surface area (Å²) in [5.41, 5.74) is 0. The average Bonchev–Trinajstić information content (AvgIpc) is 2.64. The molecule has 1 aliphatic rings. The van der Waals surface area contributed by atoms with E-state index in [0.717, 1.165) is 31.4 Å². The number of carbonyl (C=O) groups is 2. The van der Waals surface area contributed by atoms with Crippen molar-refractivity contribution in [2.45, 2.75) is 57.9 Å². The van der Waals surface area contributed by atoms with Gasteiger partial charge in [-0.1, -0.05) is 37.5 Å². The minimum absolute atomic E-state index is 0.0622. The number of carbonyl (C=O) groups excluding carboxylic acids is 2. The molecule has 1 saturated carbocycles. The van der Waals surface area contributed by atoms with Crippen molar-refractivity contribution < 1.29 is 19.1 Å². The molecule has 0 aromatic heterocycles. The molecule has 0 aliphatic heterocycles. The van der Waals surface area contributed by atoms with Gasteiger partial charge in [0.05, 0.1) is 26.1 Å². The highest BCUT2D eigenvalue weighted by atomic mass is 16.5. The smallest absolute Gasteiger partial charge is 0.307 e. The Labute approximate surface area is 150 Å². The minimum atomic E-state index is -0.239. The molecule has 1 fully saturated rings. The first-order valence-electron chi connectivity index (χ1n) is 9.33. The monoisotopic (exact) mass is 347 g/mol. The summed E-state index contributed by atoms with van der Waals surface area (Å²) in [6, 6.07) is 9.75. The molecule has 2 rings (SSSR count). The highest BCUT2D eigenvalue weighted by molar-refractivity contribution is 5.77. The molecule has 0 atom stereocenters. The van der Waals surface area contributed by atoms with Crippen LogP contribution in [0.15, 0.2) is 30.3 Å². The van der Waals surface area contributed by atoms with Crippen molar-refractivity contribution in [2.75, 3.05) is 19.8 Å². The lowest BCUT2D eigenvalue weighted by Gasteiger charge is -2.34. The molecule has 0 heterocycles. The Hall–Kier alpha value is -2.04. The number of hydrogen-bond donors (Lipinski definition) is 0. The molecular formula is C20H29NO4. The maximum Gasteiger partial charge on any atom is 0.307 e. The second kappa shape index (κ2) is 10.7. The van der Waals surface area contributed by atoms with Crippen molar-refractivity contribution in [3.05, 3.63) is 30.3 Å². The highest BCUT2D eigenvalue weighted by Crippen LogP contribution is 2.23. The molecule has 0 N–H and O–H groups in total. The topological polar surface area (TPSA) is 55.8 Å². The fourth-order valence-electron chi connectivity index (χ4n) is 3.27. The Morgan fingerprint density at radius 2 is 1.80 bits per heavy atom. The first-order chi connectivity index (χ1) is 12.2. The van der Waals surface area contributed by atoms with Crippen LogP contribution in [0.1, 0.15) is 51.9 Å². The average molecular weight is 347 g/mol. The first-order valence-corrected chi connectivity index (χ1v) is 9.33. The van der Waals surface area contributed by atoms with Gasteiger partial charge in [0.15, 0.2) is 0 Å². The van der Waals surface area contributed by atoms with Crippen LogP contribution in [0.25, 0.3) is 0 Å². The predicted molar refractivity (Wildman–Crippen MR) is 96.4 cm³/mol. The molecule has 1 aliphatic carbocycles. The molecule has 25 heavy (non-hydrogen) atoms. The third-order valence-electron chi connectivity index (χ3n) is 4.53. The lowest BCUT2D eigenvalue weighted by molar-refractivity contribution is -0.144. The zero-order chi connectivity index (χ0) is 17.9. The molecule has 1 aromatic rings. The van der Waals surface area contributed by atoms with Crippen LogP contribution >= 0.6 is 0 Å². The standard InChI is InChI=1S/C20H29NO4/c1-2-24-20(23)13-15-21(17-9-5-3-6-10-17)19(22)14-16-25-18-11-7-4-8-12-18/h4,7-8,11-12,17H,2-3,5-6,9-10,13-16H2,1H3. The molecular weight excluding hydrogens is 318 g/mol. The van der Waals surface area contributed by atoms with Crippen molar-refractivity contribution in [1.82, 2.24) is 4.90 Å². The minimum Gasteiger partial charge on any atom is -0.493 e. The Bertz CT molecular complexity index is 526. The summed E-state index contributed by atoms with van der Waals surface area (Å²) in [4.78, 5) is 26.2. The van der Waals surface area contributed by atoms with E-state index in [1.807, 2.05) is 35.2 Å². The van der Waals surface area contributed by atoms with Gasteiger partial charge in [-0.3, -0.25) is 9.59 Å². The van der Waals surface area contributed by atoms with Gasteiger partial charge < -0.3 is 14.4 Å². The zero-order valence-electron chi connectivity index (χ0n) is 15.1. The van der Waals surface area contributed by atoms with Crippen molar-refractivity contribution in [3.63, 3.8) is 0 Å². The number of esters is 1. The Kier molecular flexibility index (Phi) is 8.29. The molecule has 0 saturated heterocycles. The van der Waals surface area contributed by atoms with Crippen LogP contribution in [0, 0.1) is 0 Å². The summed E-state index contributed by atoms with van der Waals surface area (Å²) in [5, 5.41) is 0. The number of benzene rings is 1. The number of ether oxygens (including phenoxy) is 2. The summed E-state index contributed by atoms with van der Waals surface area (Å²) in [5.74, 6) is 0.592. The Morgan fingerprint density at radius 1 is 1.08 bits per heavy atom. The second-order valence-corrected chi connectivity index (χ2v) is 6.35. The molecule has 1 amide bonds. The number of amides is 1. The lowest BCUT2D eigenvalue weighted by Crippen LogP contribution is -2.43. The molecule has 5 nitrogen and oxygen atoms in total. The molecule has 0 bridgehead atoms. The van der Waals surface area contributed by atoms with Crippen LogP contribution in [0.5, 0.6) is 5.75 Å². The van der Waals surface area contributed by atoms with Crippen LogP contribution in [0.3, 0.4) is 0 Å². The predicted octanol–water partition coefficient (Wildman–Crippen LogP) is 3.57. The number of rotatable bonds is 9. The molecule has 0 radical (unpaired) electrons. The third-order valence-corrected chi connectivity index (χ3v) is 4.53. The molecule has 0 spiro atoms. The van der Waals surface area contributed by atoms with Gasteiger partial charge in [0.2, 0.25) is 5.91 Å². The van der Waals surface area contributed by atoms with Crippen molar-refractivity contribution in [3.8, 4) is 5.75 Å². The summed E-state index contributed by atoms with van der Waals surface area (Å²) < 4.78 is 10.6. The van der Waals surface area contributed by atoms with Gasteiger partial charge in [0.25, 0.3) is 0 Å². The van der Waals surface area contributed by atoms with Gasteiger partial charge in [-0.15, -0.1) is 0 Å². The fourth-order valence-corrected chi connectivity index (χ4v) is 3.27. The van der Waals surface area contributed by atoms with Crippen LogP contribution in [-0.2, 0) is 14.3 Å². The van der Waals surface area contributed by atoms with Gasteiger partial charge in [0.1, 0.15) is 5.75 Å². The normalized spacial score (nSPS) is 14.8. The van der Waals surface area contributed by atoms with E-state index >= 15 is 0 Å². The third kappa shape index (κ3) is 6.77. The molecule has 1 aromatic carbocycles. The second-order valence-electron chi connectivity index (χ2n) is 6.35. The van der Waals surface area contributed by atoms with Crippen molar-refractivity contribution in [2.24, 2.45) is 0 Å². The summed E-state index contributed by atoms with van der Waals surface area (Å²) in [7, 11) is 0. The Morgan fingerprint density at radius 3 is 2.48 bits per heavy atom. The lowest BCUT2D eigenvalue weighted by atomic mass is 9.94. The van der Waals surface area contributed by atoms with E-state index < -0.39 is 0 Å². The molecule has 138 valence electrons. The largest absolute Gasteiger partial charge is 0.493 e. The summed E-state index contributed by atoms with van der Waals surface area (Å²) in [6.45, 7) is 2.96. The van der Waals surface area contributed by atoms with Crippen LogP contribution in [-0.4, -0.2) is 42.6 Å². The van der Waals surface area contributed by atoms with E-state index in [9.17, 15) is 9.59 Å². The van der Waals surface area contributed by atoms with E-state index in [2.05, 4.69) is 0 Å². The van der Waals surface area contributed by atoms with Gasteiger partial charge in [-0.2, -0.15) is 0 Å². The van der Waals surface area contributed by atoms with Crippen molar-refractivity contribution >= 4 is 11.9 Å². The first kappa shape index (κ1) is 19.3. The molecule has 0 unspecified atom stereocenters.